The van der Waals surface area contributed by atoms with Gasteiger partial charge in [0.2, 0.25) is 0 Å². The lowest BCUT2D eigenvalue weighted by Gasteiger charge is -2.49. The Bertz CT molecular complexity index is 637. The molecule has 27 heavy (non-hydrogen) atoms. The molecule has 3 fully saturated rings. The number of carbonyl (C=O) groups is 1. The highest BCUT2D eigenvalue weighted by molar-refractivity contribution is 5.90. The number of nitrogens with zero attached hydrogens (tertiary/aromatic N) is 3. The maximum absolute atomic E-state index is 12.6. The average Bonchev–Trinajstić information content (AvgIpc) is 2.63. The smallest absolute Gasteiger partial charge is 0.321 e. The Kier molecular flexibility index (Phi) is 5.98. The van der Waals surface area contributed by atoms with Gasteiger partial charge in [-0.3, -0.25) is 9.80 Å². The fourth-order valence-corrected chi connectivity index (χ4v) is 4.82. The molecular weight excluding hydrogens is 336 g/mol. The summed E-state index contributed by atoms with van der Waals surface area (Å²) < 4.78 is 0. The second-order valence-electron chi connectivity index (χ2n) is 8.61. The number of urea groups is 1. The minimum Gasteiger partial charge on any atom is -0.321 e. The van der Waals surface area contributed by atoms with E-state index in [1.54, 1.807) is 0 Å². The Balaban J connectivity index is 1.27. The highest BCUT2D eigenvalue weighted by atomic mass is 16.2. The van der Waals surface area contributed by atoms with Gasteiger partial charge in [-0.25, -0.2) is 4.79 Å². The number of hydrogen-bond donors (Lipinski definition) is 1. The van der Waals surface area contributed by atoms with Crippen molar-refractivity contribution in [2.45, 2.75) is 64.1 Å². The van der Waals surface area contributed by atoms with Crippen LogP contribution in [0.25, 0.3) is 0 Å². The number of benzene rings is 1. The Labute approximate surface area is 163 Å². The Morgan fingerprint density at radius 1 is 1.07 bits per heavy atom. The molecule has 3 aliphatic heterocycles. The van der Waals surface area contributed by atoms with Gasteiger partial charge in [0, 0.05) is 37.4 Å². The molecule has 0 aliphatic carbocycles. The van der Waals surface area contributed by atoms with Crippen LogP contribution >= 0.6 is 0 Å². The van der Waals surface area contributed by atoms with Crippen LogP contribution in [0.1, 0.15) is 51.0 Å². The van der Waals surface area contributed by atoms with Gasteiger partial charge >= 0.3 is 6.03 Å². The van der Waals surface area contributed by atoms with E-state index in [1.165, 1.54) is 63.7 Å². The largest absolute Gasteiger partial charge is 0.321 e. The summed E-state index contributed by atoms with van der Waals surface area (Å²) in [6.07, 6.45) is 7.93. The summed E-state index contributed by atoms with van der Waals surface area (Å²) in [5, 5.41) is 3.11. The molecule has 5 heteroatoms. The first kappa shape index (κ1) is 18.8. The normalized spacial score (nSPS) is 25.2. The lowest BCUT2D eigenvalue weighted by atomic mass is 9.98. The van der Waals surface area contributed by atoms with Crippen LogP contribution in [-0.4, -0.2) is 65.5 Å². The SMILES string of the molecule is C[C@@H]1CCCCN1C1CN(C(=O)Nc2cccc(CN3CCCCC3)c2)C1. The predicted octanol–water partition coefficient (Wildman–Crippen LogP) is 3.76. The highest BCUT2D eigenvalue weighted by Gasteiger charge is 2.37. The average molecular weight is 371 g/mol. The van der Waals surface area contributed by atoms with Gasteiger partial charge in [-0.2, -0.15) is 0 Å². The topological polar surface area (TPSA) is 38.8 Å². The zero-order valence-electron chi connectivity index (χ0n) is 16.7. The number of carbonyl (C=O) groups excluding carboxylic acids is 1. The number of amides is 2. The molecule has 0 radical (unpaired) electrons. The van der Waals surface area contributed by atoms with Gasteiger partial charge in [-0.05, 0) is 69.9 Å². The molecule has 3 saturated heterocycles. The molecule has 0 aromatic heterocycles. The minimum absolute atomic E-state index is 0.0473. The van der Waals surface area contributed by atoms with Crippen molar-refractivity contribution < 1.29 is 4.79 Å². The molecule has 4 rings (SSSR count). The molecule has 0 bridgehead atoms. The van der Waals surface area contributed by atoms with Crippen LogP contribution in [0.4, 0.5) is 10.5 Å². The lowest BCUT2D eigenvalue weighted by Crippen LogP contribution is -2.64. The second-order valence-corrected chi connectivity index (χ2v) is 8.61. The standard InChI is InChI=1S/C22H34N4O/c1-18-8-3-6-13-26(18)21-16-25(17-21)22(27)23-20-10-7-9-19(14-20)15-24-11-4-2-5-12-24/h7,9-10,14,18,21H,2-6,8,11-13,15-17H2,1H3,(H,23,27)/t18-/m1/s1. The van der Waals surface area contributed by atoms with Crippen molar-refractivity contribution in [2.75, 3.05) is 38.0 Å². The van der Waals surface area contributed by atoms with Crippen LogP contribution < -0.4 is 5.32 Å². The third-order valence-electron chi connectivity index (χ3n) is 6.51. The molecule has 0 saturated carbocycles. The summed E-state index contributed by atoms with van der Waals surface area (Å²) >= 11 is 0. The summed E-state index contributed by atoms with van der Waals surface area (Å²) in [4.78, 5) is 19.7. The summed E-state index contributed by atoms with van der Waals surface area (Å²) in [6.45, 7) is 8.63. The Morgan fingerprint density at radius 2 is 1.85 bits per heavy atom. The van der Waals surface area contributed by atoms with Gasteiger partial charge in [0.05, 0.1) is 0 Å². The van der Waals surface area contributed by atoms with Crippen LogP contribution in [0.3, 0.4) is 0 Å². The quantitative estimate of drug-likeness (QED) is 0.877. The van der Waals surface area contributed by atoms with Crippen LogP contribution in [0.2, 0.25) is 0 Å². The first-order valence-electron chi connectivity index (χ1n) is 10.8. The minimum atomic E-state index is 0.0473. The molecule has 2 amide bonds. The van der Waals surface area contributed by atoms with E-state index in [4.69, 9.17) is 0 Å². The molecule has 5 nitrogen and oxygen atoms in total. The van der Waals surface area contributed by atoms with Gasteiger partial charge < -0.3 is 10.2 Å². The van der Waals surface area contributed by atoms with Crippen molar-refractivity contribution >= 4 is 11.7 Å². The lowest BCUT2D eigenvalue weighted by molar-refractivity contribution is 0.0199. The summed E-state index contributed by atoms with van der Waals surface area (Å²) in [6, 6.07) is 9.63. The number of likely N-dealkylation sites (tertiary alicyclic amines) is 3. The number of rotatable bonds is 4. The number of nitrogens with one attached hydrogen (secondary N) is 1. The third kappa shape index (κ3) is 4.64. The zero-order valence-corrected chi connectivity index (χ0v) is 16.7. The van der Waals surface area contributed by atoms with Crippen molar-refractivity contribution in [3.63, 3.8) is 0 Å². The maximum atomic E-state index is 12.6. The van der Waals surface area contributed by atoms with Crippen molar-refractivity contribution in [2.24, 2.45) is 0 Å². The van der Waals surface area contributed by atoms with Crippen molar-refractivity contribution in [3.05, 3.63) is 29.8 Å². The number of hydrogen-bond acceptors (Lipinski definition) is 3. The summed E-state index contributed by atoms with van der Waals surface area (Å²) in [5.74, 6) is 0. The van der Waals surface area contributed by atoms with E-state index in [1.807, 2.05) is 11.0 Å². The first-order chi connectivity index (χ1) is 13.2. The molecule has 3 heterocycles. The van der Waals surface area contributed by atoms with Crippen LogP contribution in [0.15, 0.2) is 24.3 Å². The van der Waals surface area contributed by atoms with Crippen LogP contribution in [0.5, 0.6) is 0 Å². The van der Waals surface area contributed by atoms with E-state index in [2.05, 4.69) is 40.2 Å². The molecular formula is C22H34N4O. The Morgan fingerprint density at radius 3 is 2.63 bits per heavy atom. The molecule has 3 aliphatic rings. The molecule has 0 unspecified atom stereocenters. The zero-order chi connectivity index (χ0) is 18.6. The van der Waals surface area contributed by atoms with Gasteiger partial charge in [0.1, 0.15) is 0 Å². The van der Waals surface area contributed by atoms with Crippen molar-refractivity contribution in [1.29, 1.82) is 0 Å². The Hall–Kier alpha value is -1.59. The van der Waals surface area contributed by atoms with Gasteiger partial charge in [-0.15, -0.1) is 0 Å². The molecule has 1 aromatic carbocycles. The van der Waals surface area contributed by atoms with Crippen LogP contribution in [0, 0.1) is 0 Å². The maximum Gasteiger partial charge on any atom is 0.321 e. The third-order valence-corrected chi connectivity index (χ3v) is 6.51. The van der Waals surface area contributed by atoms with Gasteiger partial charge in [-0.1, -0.05) is 25.0 Å². The van der Waals surface area contributed by atoms with E-state index in [9.17, 15) is 4.79 Å². The molecule has 1 N–H and O–H groups in total. The van der Waals surface area contributed by atoms with Gasteiger partial charge in [0.15, 0.2) is 0 Å². The van der Waals surface area contributed by atoms with E-state index < -0.39 is 0 Å². The molecule has 1 aromatic rings. The molecule has 1 atom stereocenters. The van der Waals surface area contributed by atoms with E-state index in [0.717, 1.165) is 25.3 Å². The number of piperidine rings is 2. The van der Waals surface area contributed by atoms with E-state index in [0.29, 0.717) is 12.1 Å². The van der Waals surface area contributed by atoms with Crippen LogP contribution in [-0.2, 0) is 6.54 Å². The summed E-state index contributed by atoms with van der Waals surface area (Å²) in [5.41, 5.74) is 2.21. The molecule has 0 spiro atoms. The van der Waals surface area contributed by atoms with Gasteiger partial charge in [0.25, 0.3) is 0 Å². The first-order valence-corrected chi connectivity index (χ1v) is 10.8. The molecule has 148 valence electrons. The van der Waals surface area contributed by atoms with E-state index >= 15 is 0 Å². The fraction of sp³-hybridized carbons (Fsp3) is 0.682. The summed E-state index contributed by atoms with van der Waals surface area (Å²) in [7, 11) is 0. The monoisotopic (exact) mass is 370 g/mol. The number of anilines is 1. The predicted molar refractivity (Wildman–Crippen MR) is 110 cm³/mol. The second kappa shape index (κ2) is 8.61. The highest BCUT2D eigenvalue weighted by Crippen LogP contribution is 2.25. The van der Waals surface area contributed by atoms with E-state index in [-0.39, 0.29) is 6.03 Å². The van der Waals surface area contributed by atoms with Crippen molar-refractivity contribution in [1.82, 2.24) is 14.7 Å². The van der Waals surface area contributed by atoms with Crippen molar-refractivity contribution in [3.8, 4) is 0 Å². The fourth-order valence-electron chi connectivity index (χ4n) is 4.82.